The summed E-state index contributed by atoms with van der Waals surface area (Å²) in [6, 6.07) is 0.681. The lowest BCUT2D eigenvalue weighted by atomic mass is 9.93. The first-order valence-electron chi connectivity index (χ1n) is 7.54. The molecule has 2 rings (SSSR count). The van der Waals surface area contributed by atoms with Crippen molar-refractivity contribution in [3.63, 3.8) is 0 Å². The molecule has 0 bridgehead atoms. The average molecular weight is 328 g/mol. The molecule has 1 aliphatic rings. The molecule has 0 spiro atoms. The maximum absolute atomic E-state index is 4.70. The molecule has 0 aliphatic carbocycles. The van der Waals surface area contributed by atoms with Crippen LogP contribution in [0.15, 0.2) is 4.47 Å². The van der Waals surface area contributed by atoms with Gasteiger partial charge in [-0.25, -0.2) is 0 Å². The Labute approximate surface area is 125 Å². The van der Waals surface area contributed by atoms with Crippen LogP contribution in [0.3, 0.4) is 0 Å². The Morgan fingerprint density at radius 1 is 1.32 bits per heavy atom. The number of halogens is 1. The van der Waals surface area contributed by atoms with Crippen LogP contribution in [-0.4, -0.2) is 27.3 Å². The molecule has 1 aromatic rings. The molecule has 3 nitrogen and oxygen atoms in total. The fourth-order valence-electron chi connectivity index (χ4n) is 3.05. The van der Waals surface area contributed by atoms with Crippen molar-refractivity contribution < 1.29 is 0 Å². The molecule has 2 heterocycles. The van der Waals surface area contributed by atoms with Crippen LogP contribution in [0.25, 0.3) is 0 Å². The van der Waals surface area contributed by atoms with Crippen molar-refractivity contribution in [1.82, 2.24) is 14.7 Å². The highest BCUT2D eigenvalue weighted by Gasteiger charge is 2.25. The minimum atomic E-state index is 0.681. The van der Waals surface area contributed by atoms with E-state index in [4.69, 9.17) is 5.10 Å². The Balaban J connectivity index is 2.16. The molecular formula is C15H26BrN3. The van der Waals surface area contributed by atoms with Gasteiger partial charge in [0.25, 0.3) is 0 Å². The molecule has 0 saturated carbocycles. The van der Waals surface area contributed by atoms with E-state index in [0.29, 0.717) is 6.04 Å². The van der Waals surface area contributed by atoms with Crippen molar-refractivity contribution in [3.8, 4) is 0 Å². The third kappa shape index (κ3) is 3.22. The molecule has 1 aromatic heterocycles. The van der Waals surface area contributed by atoms with Crippen LogP contribution in [0.5, 0.6) is 0 Å². The minimum absolute atomic E-state index is 0.681. The molecule has 0 radical (unpaired) electrons. The van der Waals surface area contributed by atoms with Gasteiger partial charge in [-0.1, -0.05) is 13.8 Å². The third-order valence-electron chi connectivity index (χ3n) is 4.32. The third-order valence-corrected chi connectivity index (χ3v) is 5.24. The lowest BCUT2D eigenvalue weighted by Gasteiger charge is -2.36. The van der Waals surface area contributed by atoms with Gasteiger partial charge < -0.3 is 0 Å². The van der Waals surface area contributed by atoms with E-state index in [0.717, 1.165) is 25.4 Å². The zero-order valence-corrected chi connectivity index (χ0v) is 14.2. The number of rotatable bonds is 4. The normalized spacial score (nSPS) is 24.9. The predicted molar refractivity (Wildman–Crippen MR) is 83.2 cm³/mol. The van der Waals surface area contributed by atoms with Gasteiger partial charge in [-0.05, 0) is 61.5 Å². The molecule has 4 heteroatoms. The number of hydrogen-bond donors (Lipinski definition) is 0. The van der Waals surface area contributed by atoms with Crippen LogP contribution in [0.1, 0.15) is 51.9 Å². The number of aromatic nitrogens is 2. The van der Waals surface area contributed by atoms with Crippen molar-refractivity contribution in [1.29, 1.82) is 0 Å². The van der Waals surface area contributed by atoms with Crippen molar-refractivity contribution in [3.05, 3.63) is 15.9 Å². The summed E-state index contributed by atoms with van der Waals surface area (Å²) in [5.41, 5.74) is 2.54. The Kier molecular flexibility index (Phi) is 5.07. The lowest BCUT2D eigenvalue weighted by Crippen LogP contribution is -2.40. The lowest BCUT2D eigenvalue weighted by molar-refractivity contribution is 0.118. The summed E-state index contributed by atoms with van der Waals surface area (Å²) >= 11 is 3.75. The first-order valence-corrected chi connectivity index (χ1v) is 8.34. The minimum Gasteiger partial charge on any atom is -0.295 e. The maximum Gasteiger partial charge on any atom is 0.0767 e. The molecule has 0 N–H and O–H groups in total. The van der Waals surface area contributed by atoms with E-state index in [1.807, 2.05) is 0 Å². The molecule has 108 valence electrons. The predicted octanol–water partition coefficient (Wildman–Crippen LogP) is 3.85. The number of hydrogen-bond acceptors (Lipinski definition) is 2. The van der Waals surface area contributed by atoms with Gasteiger partial charge in [0.15, 0.2) is 0 Å². The van der Waals surface area contributed by atoms with Gasteiger partial charge >= 0.3 is 0 Å². The largest absolute Gasteiger partial charge is 0.295 e. The second-order valence-corrected chi connectivity index (χ2v) is 6.62. The Hall–Kier alpha value is -0.350. The quantitative estimate of drug-likeness (QED) is 0.837. The fraction of sp³-hybridized carbons (Fsp3) is 0.800. The van der Waals surface area contributed by atoms with Gasteiger partial charge in [0.2, 0.25) is 0 Å². The van der Waals surface area contributed by atoms with Crippen LogP contribution in [0.2, 0.25) is 0 Å². The maximum atomic E-state index is 4.70. The second-order valence-electron chi connectivity index (χ2n) is 5.83. The van der Waals surface area contributed by atoms with E-state index in [1.165, 1.54) is 35.2 Å². The Bertz CT molecular complexity index is 427. The van der Waals surface area contributed by atoms with E-state index in [2.05, 4.69) is 53.2 Å². The van der Waals surface area contributed by atoms with Gasteiger partial charge in [-0.3, -0.25) is 9.58 Å². The molecular weight excluding hydrogens is 302 g/mol. The molecule has 1 fully saturated rings. The topological polar surface area (TPSA) is 21.1 Å². The van der Waals surface area contributed by atoms with E-state index < -0.39 is 0 Å². The van der Waals surface area contributed by atoms with Gasteiger partial charge in [0.05, 0.1) is 15.9 Å². The van der Waals surface area contributed by atoms with Crippen LogP contribution in [-0.2, 0) is 19.5 Å². The highest BCUT2D eigenvalue weighted by molar-refractivity contribution is 9.10. The zero-order valence-electron chi connectivity index (χ0n) is 12.6. The highest BCUT2D eigenvalue weighted by Crippen LogP contribution is 2.28. The summed E-state index contributed by atoms with van der Waals surface area (Å²) in [4.78, 5) is 2.60. The smallest absolute Gasteiger partial charge is 0.0767 e. The van der Waals surface area contributed by atoms with Crippen molar-refractivity contribution >= 4 is 15.9 Å². The van der Waals surface area contributed by atoms with E-state index in [9.17, 15) is 0 Å². The molecule has 0 aromatic carbocycles. The summed E-state index contributed by atoms with van der Waals surface area (Å²) in [5, 5.41) is 4.70. The SMILES string of the molecule is CCc1nn(CC)c(CN2CCC(C)CC2C)c1Br. The molecule has 1 aliphatic heterocycles. The van der Waals surface area contributed by atoms with E-state index in [1.54, 1.807) is 0 Å². The van der Waals surface area contributed by atoms with Gasteiger partial charge in [0.1, 0.15) is 0 Å². The van der Waals surface area contributed by atoms with Crippen molar-refractivity contribution in [2.45, 2.75) is 66.1 Å². The molecule has 2 unspecified atom stereocenters. The summed E-state index contributed by atoms with van der Waals surface area (Å²) in [6.07, 6.45) is 3.63. The molecule has 1 saturated heterocycles. The van der Waals surface area contributed by atoms with Crippen LogP contribution < -0.4 is 0 Å². The Morgan fingerprint density at radius 3 is 2.63 bits per heavy atom. The van der Waals surface area contributed by atoms with E-state index >= 15 is 0 Å². The van der Waals surface area contributed by atoms with Crippen LogP contribution in [0.4, 0.5) is 0 Å². The van der Waals surface area contributed by atoms with Gasteiger partial charge in [0, 0.05) is 19.1 Å². The highest BCUT2D eigenvalue weighted by atomic mass is 79.9. The number of piperidine rings is 1. The standard InChI is InChI=1S/C15H26BrN3/c1-5-13-15(16)14(19(6-2)17-13)10-18-8-7-11(3)9-12(18)4/h11-12H,5-10H2,1-4H3. The first kappa shape index (κ1) is 15.0. The fourth-order valence-corrected chi connectivity index (χ4v) is 3.74. The van der Waals surface area contributed by atoms with Gasteiger partial charge in [-0.2, -0.15) is 5.10 Å². The molecule has 19 heavy (non-hydrogen) atoms. The zero-order chi connectivity index (χ0) is 14.0. The monoisotopic (exact) mass is 327 g/mol. The number of aryl methyl sites for hydroxylation is 2. The van der Waals surface area contributed by atoms with Crippen molar-refractivity contribution in [2.24, 2.45) is 5.92 Å². The summed E-state index contributed by atoms with van der Waals surface area (Å²) in [7, 11) is 0. The summed E-state index contributed by atoms with van der Waals surface area (Å²) in [6.45, 7) is 12.3. The molecule has 0 amide bonds. The van der Waals surface area contributed by atoms with Gasteiger partial charge in [-0.15, -0.1) is 0 Å². The Morgan fingerprint density at radius 2 is 2.05 bits per heavy atom. The van der Waals surface area contributed by atoms with Crippen molar-refractivity contribution in [2.75, 3.05) is 6.54 Å². The number of likely N-dealkylation sites (tertiary alicyclic amines) is 1. The van der Waals surface area contributed by atoms with Crippen LogP contribution in [0, 0.1) is 5.92 Å². The summed E-state index contributed by atoms with van der Waals surface area (Å²) in [5.74, 6) is 0.872. The average Bonchev–Trinajstić information content (AvgIpc) is 2.69. The van der Waals surface area contributed by atoms with E-state index in [-0.39, 0.29) is 0 Å². The number of nitrogens with zero attached hydrogens (tertiary/aromatic N) is 3. The summed E-state index contributed by atoms with van der Waals surface area (Å²) < 4.78 is 3.39. The molecule has 2 atom stereocenters. The first-order chi connectivity index (χ1) is 9.06. The van der Waals surface area contributed by atoms with Crippen LogP contribution >= 0.6 is 15.9 Å². The second kappa shape index (κ2) is 6.40.